The number of rotatable bonds is 3. The van der Waals surface area contributed by atoms with Gasteiger partial charge in [0.25, 0.3) is 11.9 Å². The predicted octanol–water partition coefficient (Wildman–Crippen LogP) is 4.76. The summed E-state index contributed by atoms with van der Waals surface area (Å²) in [5.41, 5.74) is 1.30. The first-order valence-electron chi connectivity index (χ1n) is 10.2. The van der Waals surface area contributed by atoms with Crippen molar-refractivity contribution >= 4 is 17.6 Å². The Morgan fingerprint density at radius 2 is 1.71 bits per heavy atom. The van der Waals surface area contributed by atoms with E-state index in [0.717, 1.165) is 17.7 Å². The normalized spacial score (nSPS) is 15.4. The van der Waals surface area contributed by atoms with E-state index in [1.807, 2.05) is 36.6 Å². The van der Waals surface area contributed by atoms with Gasteiger partial charge >= 0.3 is 6.18 Å². The van der Waals surface area contributed by atoms with Crippen molar-refractivity contribution in [3.63, 3.8) is 0 Å². The number of piperazine rings is 1. The fourth-order valence-electron chi connectivity index (χ4n) is 3.35. The van der Waals surface area contributed by atoms with Crippen LogP contribution < -0.4 is 4.90 Å². The lowest BCUT2D eigenvalue weighted by Gasteiger charge is -2.37. The topological polar surface area (TPSA) is 45.1 Å². The molecular formula is C23H26F3N3O2. The zero-order valence-corrected chi connectivity index (χ0v) is 17.8. The number of aryl methyl sites for hydroxylation is 1. The molecular weight excluding hydrogens is 407 g/mol. The predicted molar refractivity (Wildman–Crippen MR) is 114 cm³/mol. The number of alkyl halides is 3. The van der Waals surface area contributed by atoms with Gasteiger partial charge in [-0.3, -0.25) is 4.79 Å². The molecule has 166 valence electrons. The van der Waals surface area contributed by atoms with Crippen LogP contribution in [0.5, 0.6) is 0 Å². The molecule has 0 spiro atoms. The summed E-state index contributed by atoms with van der Waals surface area (Å²) in [6.45, 7) is 7.53. The number of amides is 1. The Labute approximate surface area is 180 Å². The average Bonchev–Trinajstić information content (AvgIpc) is 2.72. The van der Waals surface area contributed by atoms with E-state index in [-0.39, 0.29) is 18.0 Å². The maximum atomic E-state index is 13.0. The summed E-state index contributed by atoms with van der Waals surface area (Å²) in [5.74, 6) is -0.389. The van der Waals surface area contributed by atoms with E-state index in [2.05, 4.69) is 4.99 Å². The molecule has 2 aromatic carbocycles. The molecule has 1 amide bonds. The van der Waals surface area contributed by atoms with Crippen LogP contribution in [0.1, 0.15) is 35.3 Å². The van der Waals surface area contributed by atoms with Gasteiger partial charge in [-0.25, -0.2) is 0 Å². The summed E-state index contributed by atoms with van der Waals surface area (Å²) >= 11 is 0. The Hall–Kier alpha value is -3.03. The minimum Gasteiger partial charge on any atom is -0.462 e. The lowest BCUT2D eigenvalue weighted by Crippen LogP contribution is -2.50. The SMILES string of the molecule is Cc1cccc(C(=O)N=C(OC(C)C)N2CCN(c3cccc(C(F)(F)F)c3)CC2)c1. The number of carbonyl (C=O) groups excluding carboxylic acids is 1. The number of anilines is 1. The van der Waals surface area contributed by atoms with Crippen molar-refractivity contribution < 1.29 is 22.7 Å². The van der Waals surface area contributed by atoms with Crippen LogP contribution in [-0.4, -0.2) is 49.1 Å². The first kappa shape index (κ1) is 22.7. The quantitative estimate of drug-likeness (QED) is 0.517. The Bertz CT molecular complexity index is 949. The van der Waals surface area contributed by atoms with Gasteiger partial charge in [-0.05, 0) is 51.1 Å². The number of amidine groups is 1. The first-order chi connectivity index (χ1) is 14.6. The maximum absolute atomic E-state index is 13.0. The number of nitrogens with zero attached hydrogens (tertiary/aromatic N) is 3. The molecule has 0 radical (unpaired) electrons. The molecule has 0 aliphatic carbocycles. The summed E-state index contributed by atoms with van der Waals surface area (Å²) in [6, 6.07) is 12.7. The fourth-order valence-corrected chi connectivity index (χ4v) is 3.35. The van der Waals surface area contributed by atoms with E-state index < -0.39 is 11.7 Å². The van der Waals surface area contributed by atoms with E-state index in [1.54, 1.807) is 24.3 Å². The minimum atomic E-state index is -4.38. The second kappa shape index (κ2) is 9.41. The van der Waals surface area contributed by atoms with Crippen LogP contribution >= 0.6 is 0 Å². The third-order valence-corrected chi connectivity index (χ3v) is 4.89. The Kier molecular flexibility index (Phi) is 6.87. The molecule has 5 nitrogen and oxygen atoms in total. The largest absolute Gasteiger partial charge is 0.462 e. The standard InChI is InChI=1S/C23H26F3N3O2/c1-16(2)31-22(27-21(30)18-7-4-6-17(3)14-18)29-12-10-28(11-13-29)20-9-5-8-19(15-20)23(24,25)26/h4-9,14-16H,10-13H2,1-3H3. The molecule has 1 fully saturated rings. The highest BCUT2D eigenvalue weighted by molar-refractivity contribution is 6.01. The molecule has 0 aromatic heterocycles. The van der Waals surface area contributed by atoms with Crippen LogP contribution in [0.4, 0.5) is 18.9 Å². The number of aliphatic imine (C=N–C) groups is 1. The smallest absolute Gasteiger partial charge is 0.416 e. The van der Waals surface area contributed by atoms with E-state index in [9.17, 15) is 18.0 Å². The Morgan fingerprint density at radius 1 is 1.03 bits per heavy atom. The lowest BCUT2D eigenvalue weighted by atomic mass is 10.1. The van der Waals surface area contributed by atoms with Crippen molar-refractivity contribution in [2.45, 2.75) is 33.1 Å². The molecule has 1 saturated heterocycles. The van der Waals surface area contributed by atoms with Gasteiger partial charge in [-0.15, -0.1) is 0 Å². The molecule has 1 heterocycles. The van der Waals surface area contributed by atoms with Crippen LogP contribution in [0.3, 0.4) is 0 Å². The van der Waals surface area contributed by atoms with Gasteiger partial charge in [0, 0.05) is 37.4 Å². The van der Waals surface area contributed by atoms with E-state index in [4.69, 9.17) is 4.74 Å². The van der Waals surface area contributed by atoms with Crippen LogP contribution in [0, 0.1) is 6.92 Å². The van der Waals surface area contributed by atoms with Gasteiger partial charge in [-0.2, -0.15) is 18.2 Å². The number of carbonyl (C=O) groups is 1. The van der Waals surface area contributed by atoms with Crippen LogP contribution in [0.25, 0.3) is 0 Å². The Morgan fingerprint density at radius 3 is 2.32 bits per heavy atom. The second-order valence-corrected chi connectivity index (χ2v) is 7.76. The van der Waals surface area contributed by atoms with Crippen molar-refractivity contribution in [2.24, 2.45) is 4.99 Å². The molecule has 1 aliphatic heterocycles. The number of ether oxygens (including phenoxy) is 1. The minimum absolute atomic E-state index is 0.175. The summed E-state index contributed by atoms with van der Waals surface area (Å²) in [5, 5.41) is 0. The maximum Gasteiger partial charge on any atom is 0.416 e. The highest BCUT2D eigenvalue weighted by Crippen LogP contribution is 2.31. The van der Waals surface area contributed by atoms with Gasteiger partial charge < -0.3 is 14.5 Å². The fraction of sp³-hybridized carbons (Fsp3) is 0.391. The van der Waals surface area contributed by atoms with Gasteiger partial charge in [0.05, 0.1) is 11.7 Å². The number of hydrogen-bond donors (Lipinski definition) is 0. The average molecular weight is 433 g/mol. The summed E-state index contributed by atoms with van der Waals surface area (Å²) in [7, 11) is 0. The monoisotopic (exact) mass is 433 g/mol. The molecule has 0 saturated carbocycles. The number of hydrogen-bond acceptors (Lipinski definition) is 3. The van der Waals surface area contributed by atoms with Crippen molar-refractivity contribution in [2.75, 3.05) is 31.1 Å². The van der Waals surface area contributed by atoms with Crippen molar-refractivity contribution in [3.05, 3.63) is 65.2 Å². The third-order valence-electron chi connectivity index (χ3n) is 4.89. The summed E-state index contributed by atoms with van der Waals surface area (Å²) in [6.07, 6.45) is -4.55. The lowest BCUT2D eigenvalue weighted by molar-refractivity contribution is -0.137. The van der Waals surface area contributed by atoms with E-state index in [0.29, 0.717) is 37.4 Å². The third kappa shape index (κ3) is 5.99. The van der Waals surface area contributed by atoms with Crippen LogP contribution in [-0.2, 0) is 10.9 Å². The zero-order valence-electron chi connectivity index (χ0n) is 17.8. The van der Waals surface area contributed by atoms with Crippen LogP contribution in [0.2, 0.25) is 0 Å². The molecule has 0 bridgehead atoms. The summed E-state index contributed by atoms with van der Waals surface area (Å²) in [4.78, 5) is 20.6. The van der Waals surface area contributed by atoms with Crippen molar-refractivity contribution in [3.8, 4) is 0 Å². The molecule has 2 aromatic rings. The summed E-state index contributed by atoms with van der Waals surface area (Å²) < 4.78 is 44.9. The zero-order chi connectivity index (χ0) is 22.6. The first-order valence-corrected chi connectivity index (χ1v) is 10.2. The molecule has 1 aliphatic rings. The van der Waals surface area contributed by atoms with Gasteiger partial charge in [0.2, 0.25) is 0 Å². The van der Waals surface area contributed by atoms with Gasteiger partial charge in [0.1, 0.15) is 0 Å². The number of halogens is 3. The van der Waals surface area contributed by atoms with Gasteiger partial charge in [-0.1, -0.05) is 23.8 Å². The molecule has 0 unspecified atom stereocenters. The highest BCUT2D eigenvalue weighted by atomic mass is 19.4. The molecule has 8 heteroatoms. The molecule has 3 rings (SSSR count). The molecule has 0 atom stereocenters. The Balaban J connectivity index is 1.73. The van der Waals surface area contributed by atoms with Crippen molar-refractivity contribution in [1.29, 1.82) is 0 Å². The van der Waals surface area contributed by atoms with Crippen LogP contribution in [0.15, 0.2) is 53.5 Å². The van der Waals surface area contributed by atoms with Gasteiger partial charge in [0.15, 0.2) is 0 Å². The van der Waals surface area contributed by atoms with E-state index >= 15 is 0 Å². The molecule has 0 N–H and O–H groups in total. The number of benzene rings is 2. The van der Waals surface area contributed by atoms with Crippen molar-refractivity contribution in [1.82, 2.24) is 4.90 Å². The second-order valence-electron chi connectivity index (χ2n) is 7.76. The van der Waals surface area contributed by atoms with E-state index in [1.165, 1.54) is 6.07 Å². The molecule has 31 heavy (non-hydrogen) atoms. The highest BCUT2D eigenvalue weighted by Gasteiger charge is 2.31.